The first-order valence-corrected chi connectivity index (χ1v) is 7.97. The number of nitrogens with zero attached hydrogens (tertiary/aromatic N) is 3. The highest BCUT2D eigenvalue weighted by Crippen LogP contribution is 2.31. The Balaban J connectivity index is 1.97. The van der Waals surface area contributed by atoms with Crippen LogP contribution in [-0.2, 0) is 0 Å². The summed E-state index contributed by atoms with van der Waals surface area (Å²) in [5.41, 5.74) is 9.10. The summed E-state index contributed by atoms with van der Waals surface area (Å²) >= 11 is 0. The van der Waals surface area contributed by atoms with Crippen LogP contribution in [0.2, 0.25) is 0 Å². The Morgan fingerprint density at radius 2 is 2.00 bits per heavy atom. The van der Waals surface area contributed by atoms with Crippen LogP contribution in [-0.4, -0.2) is 15.3 Å². The number of aryl methyl sites for hydroxylation is 1. The van der Waals surface area contributed by atoms with Gasteiger partial charge >= 0.3 is 0 Å². The van der Waals surface area contributed by atoms with Crippen molar-refractivity contribution in [1.29, 1.82) is 5.26 Å². The molecule has 0 aliphatic carbocycles. The van der Waals surface area contributed by atoms with Crippen LogP contribution in [0.25, 0.3) is 16.7 Å². The van der Waals surface area contributed by atoms with Gasteiger partial charge in [0, 0.05) is 11.6 Å². The molecule has 1 amide bonds. The Labute approximate surface area is 149 Å². The fourth-order valence-electron chi connectivity index (χ4n) is 2.96. The molecule has 0 saturated carbocycles. The molecule has 0 unspecified atom stereocenters. The number of primary amides is 1. The molecule has 126 valence electrons. The Morgan fingerprint density at radius 1 is 1.19 bits per heavy atom. The van der Waals surface area contributed by atoms with Gasteiger partial charge in [-0.25, -0.2) is 4.98 Å². The van der Waals surface area contributed by atoms with E-state index in [2.05, 4.69) is 11.1 Å². The number of hydrogen-bond donors (Lipinski definition) is 1. The van der Waals surface area contributed by atoms with E-state index < -0.39 is 5.91 Å². The van der Waals surface area contributed by atoms with Crippen LogP contribution in [0.3, 0.4) is 0 Å². The minimum atomic E-state index is -0.523. The number of rotatable bonds is 3. The fourth-order valence-corrected chi connectivity index (χ4v) is 2.96. The second kappa shape index (κ2) is 5.90. The summed E-state index contributed by atoms with van der Waals surface area (Å²) in [7, 11) is 0. The van der Waals surface area contributed by atoms with Gasteiger partial charge in [0.15, 0.2) is 5.65 Å². The molecule has 0 fully saturated rings. The molecule has 2 heterocycles. The van der Waals surface area contributed by atoms with Gasteiger partial charge in [-0.3, -0.25) is 9.20 Å². The second-order valence-electron chi connectivity index (χ2n) is 5.91. The molecular weight excluding hydrogens is 328 g/mol. The summed E-state index contributed by atoms with van der Waals surface area (Å²) in [6.07, 6.45) is 0. The van der Waals surface area contributed by atoms with Crippen LogP contribution in [0.1, 0.15) is 21.5 Å². The topological polar surface area (TPSA) is 93.4 Å². The SMILES string of the molecule is Cc1cc(Oc2cccc(C(N)=O)c2)n2c(nc3ccccc32)c1C#N. The number of carbonyl (C=O) groups is 1. The van der Waals surface area contributed by atoms with E-state index in [1.165, 1.54) is 0 Å². The van der Waals surface area contributed by atoms with E-state index >= 15 is 0 Å². The average molecular weight is 342 g/mol. The molecule has 0 atom stereocenters. The summed E-state index contributed by atoms with van der Waals surface area (Å²) in [4.78, 5) is 16.0. The van der Waals surface area contributed by atoms with Crippen molar-refractivity contribution in [3.8, 4) is 17.7 Å². The first-order valence-electron chi connectivity index (χ1n) is 7.97. The molecule has 0 aliphatic rings. The predicted octanol–water partition coefficient (Wildman–Crippen LogP) is 3.56. The molecule has 4 aromatic rings. The zero-order chi connectivity index (χ0) is 18.3. The summed E-state index contributed by atoms with van der Waals surface area (Å²) in [5.74, 6) is 0.459. The normalized spacial score (nSPS) is 10.8. The van der Waals surface area contributed by atoms with Gasteiger partial charge < -0.3 is 10.5 Å². The highest BCUT2D eigenvalue weighted by molar-refractivity contribution is 5.93. The maximum absolute atomic E-state index is 11.4. The van der Waals surface area contributed by atoms with Gasteiger partial charge in [0.1, 0.15) is 11.8 Å². The smallest absolute Gasteiger partial charge is 0.248 e. The molecule has 0 saturated heterocycles. The fraction of sp³-hybridized carbons (Fsp3) is 0.0500. The molecule has 6 nitrogen and oxygen atoms in total. The number of fused-ring (bicyclic) bond motifs is 3. The highest BCUT2D eigenvalue weighted by atomic mass is 16.5. The summed E-state index contributed by atoms with van der Waals surface area (Å²) in [5, 5.41) is 9.52. The van der Waals surface area contributed by atoms with Crippen LogP contribution in [0.5, 0.6) is 11.6 Å². The molecule has 2 aromatic carbocycles. The van der Waals surface area contributed by atoms with Gasteiger partial charge in [-0.2, -0.15) is 5.26 Å². The third-order valence-corrected chi connectivity index (χ3v) is 4.19. The first-order chi connectivity index (χ1) is 12.6. The van der Waals surface area contributed by atoms with Gasteiger partial charge in [0.05, 0.1) is 16.6 Å². The molecule has 4 rings (SSSR count). The van der Waals surface area contributed by atoms with Gasteiger partial charge in [0.25, 0.3) is 0 Å². The summed E-state index contributed by atoms with van der Waals surface area (Å²) in [6, 6.07) is 18.3. The highest BCUT2D eigenvalue weighted by Gasteiger charge is 2.16. The van der Waals surface area contributed by atoms with E-state index in [1.807, 2.05) is 31.2 Å². The number of carbonyl (C=O) groups excluding carboxylic acids is 1. The standard InChI is InChI=1S/C20H14N4O2/c1-12-9-18(26-14-6-4-5-13(10-14)19(22)25)24-17-8-3-2-7-16(17)23-20(24)15(12)11-21/h2-10H,1H3,(H2,22,25). The van der Waals surface area contributed by atoms with Gasteiger partial charge in [0.2, 0.25) is 11.8 Å². The van der Waals surface area contributed by atoms with E-state index in [9.17, 15) is 10.1 Å². The number of hydrogen-bond acceptors (Lipinski definition) is 4. The van der Waals surface area contributed by atoms with Crippen molar-refractivity contribution >= 4 is 22.6 Å². The monoisotopic (exact) mass is 342 g/mol. The van der Waals surface area contributed by atoms with E-state index in [0.717, 1.165) is 16.6 Å². The van der Waals surface area contributed by atoms with Crippen molar-refractivity contribution in [3.63, 3.8) is 0 Å². The minimum absolute atomic E-state index is 0.361. The molecule has 2 N–H and O–H groups in total. The second-order valence-corrected chi connectivity index (χ2v) is 5.91. The number of nitriles is 1. The summed E-state index contributed by atoms with van der Waals surface area (Å²) in [6.45, 7) is 1.84. The van der Waals surface area contributed by atoms with Gasteiger partial charge in [-0.15, -0.1) is 0 Å². The maximum Gasteiger partial charge on any atom is 0.248 e. The van der Waals surface area contributed by atoms with Crippen LogP contribution < -0.4 is 10.5 Å². The molecule has 6 heteroatoms. The molecule has 0 spiro atoms. The number of amides is 1. The number of pyridine rings is 1. The zero-order valence-electron chi connectivity index (χ0n) is 13.9. The molecule has 0 bridgehead atoms. The van der Waals surface area contributed by atoms with Crippen molar-refractivity contribution < 1.29 is 9.53 Å². The summed E-state index contributed by atoms with van der Waals surface area (Å²) < 4.78 is 7.84. The van der Waals surface area contributed by atoms with Crippen LogP contribution in [0.15, 0.2) is 54.6 Å². The number of aromatic nitrogens is 2. The Morgan fingerprint density at radius 3 is 2.77 bits per heavy atom. The van der Waals surface area contributed by atoms with Crippen molar-refractivity contribution in [2.75, 3.05) is 0 Å². The molecule has 0 radical (unpaired) electrons. The molecule has 2 aromatic heterocycles. The van der Waals surface area contributed by atoms with Gasteiger partial charge in [-0.05, 0) is 42.8 Å². The largest absolute Gasteiger partial charge is 0.440 e. The quantitative estimate of drug-likeness (QED) is 0.616. The van der Waals surface area contributed by atoms with E-state index in [4.69, 9.17) is 10.5 Å². The van der Waals surface area contributed by atoms with Crippen LogP contribution >= 0.6 is 0 Å². The van der Waals surface area contributed by atoms with Crippen molar-refractivity contribution in [2.24, 2.45) is 5.73 Å². The van der Waals surface area contributed by atoms with Crippen molar-refractivity contribution in [3.05, 3.63) is 71.3 Å². The number of para-hydroxylation sites is 2. The maximum atomic E-state index is 11.4. The number of benzene rings is 2. The van der Waals surface area contributed by atoms with Crippen molar-refractivity contribution in [2.45, 2.75) is 6.92 Å². The molecule has 0 aliphatic heterocycles. The van der Waals surface area contributed by atoms with E-state index in [-0.39, 0.29) is 0 Å². The van der Waals surface area contributed by atoms with E-state index in [1.54, 1.807) is 34.7 Å². The lowest BCUT2D eigenvalue weighted by Gasteiger charge is -2.12. The number of ether oxygens (including phenoxy) is 1. The van der Waals surface area contributed by atoms with E-state index in [0.29, 0.717) is 28.4 Å². The number of imidazole rings is 1. The third kappa shape index (κ3) is 2.43. The molecule has 26 heavy (non-hydrogen) atoms. The Hall–Kier alpha value is -3.85. The first kappa shape index (κ1) is 15.7. The van der Waals surface area contributed by atoms with Gasteiger partial charge in [-0.1, -0.05) is 18.2 Å². The Bertz CT molecular complexity index is 1220. The lowest BCUT2D eigenvalue weighted by molar-refractivity contribution is 0.1000. The van der Waals surface area contributed by atoms with Crippen LogP contribution in [0.4, 0.5) is 0 Å². The lowest BCUT2D eigenvalue weighted by Crippen LogP contribution is -2.10. The zero-order valence-corrected chi connectivity index (χ0v) is 13.9. The lowest BCUT2D eigenvalue weighted by atomic mass is 10.1. The van der Waals surface area contributed by atoms with Crippen molar-refractivity contribution in [1.82, 2.24) is 9.38 Å². The van der Waals surface area contributed by atoms with Crippen LogP contribution in [0, 0.1) is 18.3 Å². The predicted molar refractivity (Wildman–Crippen MR) is 97.2 cm³/mol. The minimum Gasteiger partial charge on any atom is -0.440 e. The molecular formula is C20H14N4O2. The number of nitrogens with two attached hydrogens (primary N) is 1. The third-order valence-electron chi connectivity index (χ3n) is 4.19. The Kier molecular flexibility index (Phi) is 3.55. The average Bonchev–Trinajstić information content (AvgIpc) is 3.01.